The summed E-state index contributed by atoms with van der Waals surface area (Å²) >= 11 is 1.22. The number of amides is 1. The van der Waals surface area contributed by atoms with Crippen molar-refractivity contribution in [1.82, 2.24) is 9.21 Å². The quantitative estimate of drug-likeness (QED) is 0.551. The van der Waals surface area contributed by atoms with E-state index in [1.165, 1.54) is 15.6 Å². The number of benzene rings is 2. The number of sulfonamides is 1. The first-order valence-electron chi connectivity index (χ1n) is 10.7. The minimum Gasteiger partial charge on any atom is -0.495 e. The molecule has 0 spiro atoms. The Kier molecular flexibility index (Phi) is 7.14. The molecule has 1 atom stereocenters. The Morgan fingerprint density at radius 3 is 2.39 bits per heavy atom. The summed E-state index contributed by atoms with van der Waals surface area (Å²) in [6, 6.07) is 18.0. The average molecular weight is 486 g/mol. The van der Waals surface area contributed by atoms with E-state index in [1.807, 2.05) is 60.4 Å². The lowest BCUT2D eigenvalue weighted by Gasteiger charge is -2.38. The number of hydrogen-bond donors (Lipinski definition) is 1. The molecule has 0 radical (unpaired) electrons. The number of ether oxygens (including phenoxy) is 1. The topological polar surface area (TPSA) is 79.0 Å². The van der Waals surface area contributed by atoms with E-state index in [0.717, 1.165) is 11.1 Å². The molecule has 1 aromatic heterocycles. The molecule has 0 unspecified atom stereocenters. The number of anilines is 1. The third-order valence-electron chi connectivity index (χ3n) is 5.70. The van der Waals surface area contributed by atoms with Gasteiger partial charge in [0, 0.05) is 26.2 Å². The fraction of sp³-hybridized carbons (Fsp3) is 0.292. The molecule has 3 aromatic rings. The van der Waals surface area contributed by atoms with Gasteiger partial charge in [0.15, 0.2) is 0 Å². The highest BCUT2D eigenvalue weighted by Crippen LogP contribution is 2.30. The largest absolute Gasteiger partial charge is 0.495 e. The molecule has 9 heteroatoms. The molecule has 4 rings (SSSR count). The number of hydrogen-bond acceptors (Lipinski definition) is 6. The van der Waals surface area contributed by atoms with Gasteiger partial charge in [-0.05, 0) is 41.6 Å². The Morgan fingerprint density at radius 2 is 1.76 bits per heavy atom. The van der Waals surface area contributed by atoms with Gasteiger partial charge in [-0.3, -0.25) is 9.69 Å². The highest BCUT2D eigenvalue weighted by molar-refractivity contribution is 7.91. The first-order chi connectivity index (χ1) is 15.9. The average Bonchev–Trinajstić information content (AvgIpc) is 3.37. The van der Waals surface area contributed by atoms with Crippen LogP contribution in [0, 0.1) is 6.92 Å². The molecule has 33 heavy (non-hydrogen) atoms. The first kappa shape index (κ1) is 23.4. The van der Waals surface area contributed by atoms with Crippen LogP contribution < -0.4 is 10.1 Å². The van der Waals surface area contributed by atoms with Crippen molar-refractivity contribution in [3.63, 3.8) is 0 Å². The summed E-state index contributed by atoms with van der Waals surface area (Å²) in [5.41, 5.74) is 2.48. The number of piperazine rings is 1. The number of carbonyl (C=O) groups is 1. The molecule has 1 aliphatic rings. The van der Waals surface area contributed by atoms with E-state index in [2.05, 4.69) is 5.32 Å². The smallest absolute Gasteiger partial charge is 0.252 e. The van der Waals surface area contributed by atoms with Crippen molar-refractivity contribution in [3.05, 3.63) is 77.2 Å². The molecule has 2 aromatic carbocycles. The van der Waals surface area contributed by atoms with E-state index in [1.54, 1.807) is 24.6 Å². The SMILES string of the molecule is COc1ccc(C)cc1NC(=O)[C@H](c1ccccc1)N1CCN(S(=O)(=O)c2cccs2)CC1. The summed E-state index contributed by atoms with van der Waals surface area (Å²) in [4.78, 5) is 15.6. The van der Waals surface area contributed by atoms with Crippen molar-refractivity contribution < 1.29 is 17.9 Å². The summed E-state index contributed by atoms with van der Waals surface area (Å²) in [6.07, 6.45) is 0. The van der Waals surface area contributed by atoms with Gasteiger partial charge < -0.3 is 10.1 Å². The number of methoxy groups -OCH3 is 1. The van der Waals surface area contributed by atoms with Crippen molar-refractivity contribution >= 4 is 33.0 Å². The lowest BCUT2D eigenvalue weighted by Crippen LogP contribution is -2.51. The van der Waals surface area contributed by atoms with Crippen LogP contribution in [-0.2, 0) is 14.8 Å². The van der Waals surface area contributed by atoms with Crippen LogP contribution in [0.3, 0.4) is 0 Å². The second kappa shape index (κ2) is 10.0. The molecule has 1 amide bonds. The first-order valence-corrected chi connectivity index (χ1v) is 13.0. The number of nitrogens with one attached hydrogen (secondary N) is 1. The molecule has 0 aliphatic carbocycles. The molecule has 1 fully saturated rings. The van der Waals surface area contributed by atoms with Gasteiger partial charge in [-0.1, -0.05) is 42.5 Å². The van der Waals surface area contributed by atoms with Gasteiger partial charge in [0.05, 0.1) is 12.8 Å². The zero-order valence-corrected chi connectivity index (χ0v) is 20.2. The van der Waals surface area contributed by atoms with Gasteiger partial charge in [0.2, 0.25) is 5.91 Å². The number of thiophene rings is 1. The highest BCUT2D eigenvalue weighted by Gasteiger charge is 2.35. The summed E-state index contributed by atoms with van der Waals surface area (Å²) in [7, 11) is -1.94. The molecule has 7 nitrogen and oxygen atoms in total. The Balaban J connectivity index is 1.55. The highest BCUT2D eigenvalue weighted by atomic mass is 32.2. The van der Waals surface area contributed by atoms with Crippen molar-refractivity contribution in [1.29, 1.82) is 0 Å². The predicted molar refractivity (Wildman–Crippen MR) is 130 cm³/mol. The fourth-order valence-corrected chi connectivity index (χ4v) is 6.59. The summed E-state index contributed by atoms with van der Waals surface area (Å²) < 4.78 is 33.1. The summed E-state index contributed by atoms with van der Waals surface area (Å²) in [6.45, 7) is 3.50. The number of carbonyl (C=O) groups excluding carboxylic acids is 1. The van der Waals surface area contributed by atoms with Crippen LogP contribution in [0.2, 0.25) is 0 Å². The van der Waals surface area contributed by atoms with Crippen molar-refractivity contribution in [2.75, 3.05) is 38.6 Å². The second-order valence-electron chi connectivity index (χ2n) is 7.88. The monoisotopic (exact) mass is 485 g/mol. The van der Waals surface area contributed by atoms with E-state index in [0.29, 0.717) is 41.8 Å². The van der Waals surface area contributed by atoms with Crippen LogP contribution in [0.15, 0.2) is 70.3 Å². The van der Waals surface area contributed by atoms with E-state index >= 15 is 0 Å². The summed E-state index contributed by atoms with van der Waals surface area (Å²) in [5.74, 6) is 0.410. The van der Waals surface area contributed by atoms with Gasteiger partial charge in [-0.25, -0.2) is 8.42 Å². The second-order valence-corrected chi connectivity index (χ2v) is 11.0. The maximum atomic E-state index is 13.5. The minimum absolute atomic E-state index is 0.181. The molecular formula is C24H27N3O4S2. The van der Waals surface area contributed by atoms with Crippen LogP contribution in [0.5, 0.6) is 5.75 Å². The predicted octanol–water partition coefficient (Wildman–Crippen LogP) is 3.75. The molecule has 1 aliphatic heterocycles. The zero-order valence-electron chi connectivity index (χ0n) is 18.6. The third kappa shape index (κ3) is 5.11. The Hall–Kier alpha value is -2.72. The van der Waals surface area contributed by atoms with Gasteiger partial charge >= 0.3 is 0 Å². The molecule has 0 bridgehead atoms. The molecule has 1 saturated heterocycles. The van der Waals surface area contributed by atoms with E-state index < -0.39 is 16.1 Å². The lowest BCUT2D eigenvalue weighted by molar-refractivity contribution is -0.122. The fourth-order valence-electron chi connectivity index (χ4n) is 4.02. The lowest BCUT2D eigenvalue weighted by atomic mass is 10.0. The number of aryl methyl sites for hydroxylation is 1. The van der Waals surface area contributed by atoms with Crippen LogP contribution in [-0.4, -0.2) is 56.8 Å². The normalized spacial score (nSPS) is 16.3. The van der Waals surface area contributed by atoms with E-state index in [4.69, 9.17) is 4.74 Å². The molecule has 0 saturated carbocycles. The van der Waals surface area contributed by atoms with Crippen LogP contribution in [0.25, 0.3) is 0 Å². The van der Waals surface area contributed by atoms with Gasteiger partial charge in [-0.2, -0.15) is 4.31 Å². The van der Waals surface area contributed by atoms with Crippen molar-refractivity contribution in [2.24, 2.45) is 0 Å². The van der Waals surface area contributed by atoms with Crippen molar-refractivity contribution in [3.8, 4) is 5.75 Å². The standard InChI is InChI=1S/C24H27N3O4S2/c1-18-10-11-21(31-2)20(17-18)25-24(28)23(19-7-4-3-5-8-19)26-12-14-27(15-13-26)33(29,30)22-9-6-16-32-22/h3-11,16-17,23H,12-15H2,1-2H3,(H,25,28)/t23-/m0/s1. The van der Waals surface area contributed by atoms with Gasteiger partial charge in [0.25, 0.3) is 10.0 Å². The molecule has 174 valence electrons. The van der Waals surface area contributed by atoms with Crippen LogP contribution in [0.4, 0.5) is 5.69 Å². The number of nitrogens with zero attached hydrogens (tertiary/aromatic N) is 2. The maximum absolute atomic E-state index is 13.5. The Bertz CT molecular complexity index is 1190. The Labute approximate surface area is 198 Å². The number of rotatable bonds is 7. The summed E-state index contributed by atoms with van der Waals surface area (Å²) in [5, 5.41) is 4.79. The van der Waals surface area contributed by atoms with Crippen LogP contribution in [0.1, 0.15) is 17.2 Å². The molecule has 2 heterocycles. The maximum Gasteiger partial charge on any atom is 0.252 e. The molecular weight excluding hydrogens is 458 g/mol. The third-order valence-corrected chi connectivity index (χ3v) is 8.98. The van der Waals surface area contributed by atoms with Crippen LogP contribution >= 0.6 is 11.3 Å². The molecule has 1 N–H and O–H groups in total. The Morgan fingerprint density at radius 1 is 1.03 bits per heavy atom. The zero-order chi connectivity index (χ0) is 23.4. The minimum atomic E-state index is -3.51. The van der Waals surface area contributed by atoms with Gasteiger partial charge in [-0.15, -0.1) is 11.3 Å². The van der Waals surface area contributed by atoms with E-state index in [9.17, 15) is 13.2 Å². The van der Waals surface area contributed by atoms with E-state index in [-0.39, 0.29) is 5.91 Å². The van der Waals surface area contributed by atoms with Crippen molar-refractivity contribution in [2.45, 2.75) is 17.2 Å². The van der Waals surface area contributed by atoms with Gasteiger partial charge in [0.1, 0.15) is 16.0 Å².